The Labute approximate surface area is 251 Å². The minimum atomic E-state index is -0.698. The van der Waals surface area contributed by atoms with Crippen LogP contribution < -0.4 is 14.2 Å². The maximum atomic E-state index is 12.8. The molecule has 3 atom stereocenters. The molecule has 8 nitrogen and oxygen atoms in total. The normalized spacial score (nSPS) is 15.6. The zero-order chi connectivity index (χ0) is 30.8. The van der Waals surface area contributed by atoms with E-state index in [-0.39, 0.29) is 18.2 Å². The molecule has 0 radical (unpaired) electrons. The zero-order valence-corrected chi connectivity index (χ0v) is 24.5. The maximum Gasteiger partial charge on any atom is 0.343 e. The molecule has 3 unspecified atom stereocenters. The highest BCUT2D eigenvalue weighted by Gasteiger charge is 2.35. The lowest BCUT2D eigenvalue weighted by Crippen LogP contribution is -2.31. The van der Waals surface area contributed by atoms with E-state index in [0.29, 0.717) is 41.2 Å². The van der Waals surface area contributed by atoms with Crippen molar-refractivity contribution >= 4 is 17.9 Å². The molecular weight excluding hydrogens is 548 g/mol. The molecule has 0 spiro atoms. The summed E-state index contributed by atoms with van der Waals surface area (Å²) in [5.74, 6) is 0.148. The summed E-state index contributed by atoms with van der Waals surface area (Å²) in [7, 11) is 0. The summed E-state index contributed by atoms with van der Waals surface area (Å²) in [5, 5.41) is 0. The number of unbranched alkanes of at least 4 members (excludes halogenated alkanes) is 1. The lowest BCUT2D eigenvalue weighted by atomic mass is 10.0. The van der Waals surface area contributed by atoms with Crippen molar-refractivity contribution < 1.29 is 38.1 Å². The molecular formula is C35H36O8. The van der Waals surface area contributed by atoms with Crippen molar-refractivity contribution in [2.45, 2.75) is 64.4 Å². The van der Waals surface area contributed by atoms with Crippen LogP contribution in [0.4, 0.5) is 0 Å². The van der Waals surface area contributed by atoms with Crippen molar-refractivity contribution in [3.05, 3.63) is 103 Å². The van der Waals surface area contributed by atoms with Gasteiger partial charge in [-0.2, -0.15) is 0 Å². The van der Waals surface area contributed by atoms with Crippen molar-refractivity contribution in [2.24, 2.45) is 0 Å². The van der Waals surface area contributed by atoms with Crippen molar-refractivity contribution in [3.63, 3.8) is 0 Å². The molecule has 0 amide bonds. The smallest absolute Gasteiger partial charge is 0.343 e. The number of esters is 3. The summed E-state index contributed by atoms with van der Waals surface area (Å²) in [6.07, 6.45) is 3.35. The molecule has 8 heteroatoms. The largest absolute Gasteiger partial charge is 0.487 e. The summed E-state index contributed by atoms with van der Waals surface area (Å²) in [5.41, 5.74) is 2.69. The lowest BCUT2D eigenvalue weighted by molar-refractivity contribution is -0.157. The first-order chi connectivity index (χ1) is 20.8. The van der Waals surface area contributed by atoms with Gasteiger partial charge in [-0.05, 0) is 72.5 Å². The third-order valence-corrected chi connectivity index (χ3v) is 6.90. The minimum Gasteiger partial charge on any atom is -0.487 e. The molecule has 0 aliphatic carbocycles. The van der Waals surface area contributed by atoms with Crippen LogP contribution in [0.15, 0.2) is 97.6 Å². The Morgan fingerprint density at radius 3 is 2.02 bits per heavy atom. The highest BCUT2D eigenvalue weighted by Crippen LogP contribution is 2.28. The summed E-state index contributed by atoms with van der Waals surface area (Å²) < 4.78 is 28.1. The van der Waals surface area contributed by atoms with Gasteiger partial charge >= 0.3 is 17.9 Å². The Balaban J connectivity index is 1.33. The minimum absolute atomic E-state index is 0.293. The fourth-order valence-electron chi connectivity index (χ4n) is 4.49. The van der Waals surface area contributed by atoms with Gasteiger partial charge in [0.05, 0.1) is 5.56 Å². The van der Waals surface area contributed by atoms with Gasteiger partial charge in [0.1, 0.15) is 29.5 Å². The summed E-state index contributed by atoms with van der Waals surface area (Å²) in [6.45, 7) is 11.1. The van der Waals surface area contributed by atoms with Gasteiger partial charge in [0.15, 0.2) is 0 Å². The fraction of sp³-hybridized carbons (Fsp3) is 0.286. The van der Waals surface area contributed by atoms with E-state index in [2.05, 4.69) is 20.1 Å². The Morgan fingerprint density at radius 2 is 1.49 bits per heavy atom. The number of carbonyl (C=O) groups excluding carboxylic acids is 3. The van der Waals surface area contributed by atoms with Gasteiger partial charge in [-0.1, -0.05) is 57.7 Å². The van der Waals surface area contributed by atoms with Gasteiger partial charge in [-0.15, -0.1) is 0 Å². The molecule has 0 aromatic heterocycles. The van der Waals surface area contributed by atoms with Crippen molar-refractivity contribution in [2.75, 3.05) is 0 Å². The van der Waals surface area contributed by atoms with E-state index in [1.54, 1.807) is 48.5 Å². The summed E-state index contributed by atoms with van der Waals surface area (Å²) in [4.78, 5) is 36.0. The van der Waals surface area contributed by atoms with Gasteiger partial charge in [0, 0.05) is 24.5 Å². The molecule has 224 valence electrons. The first-order valence-electron chi connectivity index (χ1n) is 14.4. The molecule has 0 saturated carbocycles. The Kier molecular flexibility index (Phi) is 10.7. The van der Waals surface area contributed by atoms with E-state index in [1.807, 2.05) is 31.2 Å². The van der Waals surface area contributed by atoms with E-state index >= 15 is 0 Å². The predicted molar refractivity (Wildman–Crippen MR) is 162 cm³/mol. The average Bonchev–Trinajstić information content (AvgIpc) is 3.37. The molecule has 1 fully saturated rings. The van der Waals surface area contributed by atoms with E-state index in [1.165, 1.54) is 0 Å². The number of hydrogen-bond acceptors (Lipinski definition) is 8. The second-order valence-electron chi connectivity index (χ2n) is 10.1. The molecule has 3 aromatic carbocycles. The van der Waals surface area contributed by atoms with Crippen LogP contribution in [0.5, 0.6) is 17.2 Å². The lowest BCUT2D eigenvalue weighted by Gasteiger charge is -2.23. The quantitative estimate of drug-likeness (QED) is 0.0848. The number of ether oxygens (including phenoxy) is 5. The number of hydrogen-bond donors (Lipinski definition) is 0. The van der Waals surface area contributed by atoms with Crippen LogP contribution in [0, 0.1) is 0 Å². The van der Waals surface area contributed by atoms with Crippen molar-refractivity contribution in [1.29, 1.82) is 0 Å². The highest BCUT2D eigenvalue weighted by molar-refractivity contribution is 5.91. The van der Waals surface area contributed by atoms with Crippen LogP contribution in [0.1, 0.15) is 56.3 Å². The van der Waals surface area contributed by atoms with E-state index in [0.717, 1.165) is 36.5 Å². The van der Waals surface area contributed by atoms with E-state index in [9.17, 15) is 14.4 Å². The van der Waals surface area contributed by atoms with Crippen LogP contribution in [-0.4, -0.2) is 36.4 Å². The first-order valence-corrected chi connectivity index (χ1v) is 14.4. The molecule has 1 saturated heterocycles. The highest BCUT2D eigenvalue weighted by atomic mass is 16.7. The van der Waals surface area contributed by atoms with Crippen LogP contribution >= 0.6 is 0 Å². The number of benzene rings is 3. The Hall–Kier alpha value is -4.85. The van der Waals surface area contributed by atoms with Gasteiger partial charge in [0.25, 0.3) is 0 Å². The van der Waals surface area contributed by atoms with Crippen LogP contribution in [0.3, 0.4) is 0 Å². The summed E-state index contributed by atoms with van der Waals surface area (Å²) >= 11 is 0. The number of carbonyl (C=O) groups is 3. The monoisotopic (exact) mass is 584 g/mol. The van der Waals surface area contributed by atoms with Crippen LogP contribution in [0.25, 0.3) is 11.1 Å². The summed E-state index contributed by atoms with van der Waals surface area (Å²) in [6, 6.07) is 21.3. The third-order valence-electron chi connectivity index (χ3n) is 6.90. The molecule has 4 rings (SSSR count). The molecule has 0 N–H and O–H groups in total. The van der Waals surface area contributed by atoms with Crippen molar-refractivity contribution in [1.82, 2.24) is 0 Å². The molecule has 1 aliphatic rings. The van der Waals surface area contributed by atoms with E-state index < -0.39 is 18.2 Å². The standard InChI is InChI=1S/C35H36O8/c1-5-8-9-30(31-22-23(4)34(37)42-31)39-27-20-14-26(15-21-27)35(38)41-29-18-12-25(13-19-29)24-10-16-28(17-11-24)40-33(7-3)43-32(36)6-2/h6,10-21,30-31,33H,2,4-5,7-9,22H2,1,3H3. The second kappa shape index (κ2) is 14.9. The molecule has 1 heterocycles. The van der Waals surface area contributed by atoms with Crippen LogP contribution in [0.2, 0.25) is 0 Å². The van der Waals surface area contributed by atoms with E-state index in [4.69, 9.17) is 23.7 Å². The van der Waals surface area contributed by atoms with Crippen LogP contribution in [-0.2, 0) is 19.1 Å². The molecule has 0 bridgehead atoms. The zero-order valence-electron chi connectivity index (χ0n) is 24.5. The number of cyclic esters (lactones) is 1. The van der Waals surface area contributed by atoms with Gasteiger partial charge in [-0.25, -0.2) is 14.4 Å². The maximum absolute atomic E-state index is 12.8. The average molecular weight is 585 g/mol. The van der Waals surface area contributed by atoms with Gasteiger partial charge < -0.3 is 23.7 Å². The fourth-order valence-corrected chi connectivity index (χ4v) is 4.49. The van der Waals surface area contributed by atoms with Gasteiger partial charge in [0.2, 0.25) is 6.29 Å². The topological polar surface area (TPSA) is 97.4 Å². The first kappa shape index (κ1) is 31.1. The third kappa shape index (κ3) is 8.58. The Bertz CT molecular complexity index is 1410. The Morgan fingerprint density at radius 1 is 0.907 bits per heavy atom. The number of rotatable bonds is 14. The molecule has 3 aromatic rings. The SMILES string of the molecule is C=CC(=O)OC(CC)Oc1ccc(-c2ccc(OC(=O)c3ccc(OC(CCCC)C4CC(=C)C(=O)O4)cc3)cc2)cc1. The van der Waals surface area contributed by atoms with Gasteiger partial charge in [-0.3, -0.25) is 0 Å². The van der Waals surface area contributed by atoms with Crippen molar-refractivity contribution in [3.8, 4) is 28.4 Å². The second-order valence-corrected chi connectivity index (χ2v) is 10.1. The molecule has 43 heavy (non-hydrogen) atoms. The predicted octanol–water partition coefficient (Wildman–Crippen LogP) is 7.23. The molecule has 1 aliphatic heterocycles.